The van der Waals surface area contributed by atoms with Crippen LogP contribution in [-0.2, 0) is 36.7 Å². The third kappa shape index (κ3) is 9.99. The number of hydrogen-bond donors (Lipinski definition) is 1. The summed E-state index contributed by atoms with van der Waals surface area (Å²) in [5, 5.41) is 13.2. The van der Waals surface area contributed by atoms with Crippen LogP contribution < -0.4 is 0 Å². The van der Waals surface area contributed by atoms with Crippen LogP contribution >= 0.6 is 0 Å². The van der Waals surface area contributed by atoms with E-state index in [1.807, 2.05) is 33.8 Å². The number of fused-ring (bicyclic) bond motifs is 2. The molecule has 0 unspecified atom stereocenters. The second-order valence-electron chi connectivity index (χ2n) is 14.2. The summed E-state index contributed by atoms with van der Waals surface area (Å²) >= 11 is 0. The van der Waals surface area contributed by atoms with Gasteiger partial charge in [0.1, 0.15) is 17.7 Å². The van der Waals surface area contributed by atoms with E-state index in [0.29, 0.717) is 5.92 Å². The van der Waals surface area contributed by atoms with Gasteiger partial charge in [-0.3, -0.25) is 9.78 Å². The average Bonchev–Trinajstić information content (AvgIpc) is 3.47. The molecule has 49 heavy (non-hydrogen) atoms. The number of carbonyl (C=O) groups is 1. The third-order valence-electron chi connectivity index (χ3n) is 9.09. The largest absolute Gasteiger partial charge is 0.512 e. The summed E-state index contributed by atoms with van der Waals surface area (Å²) < 4.78 is 6.26. The van der Waals surface area contributed by atoms with Crippen LogP contribution in [0.25, 0.3) is 44.3 Å². The molecule has 3 aromatic carbocycles. The van der Waals surface area contributed by atoms with Crippen molar-refractivity contribution in [3.05, 3.63) is 96.2 Å². The van der Waals surface area contributed by atoms with Crippen molar-refractivity contribution in [2.75, 3.05) is 0 Å². The molecule has 5 aromatic rings. The third-order valence-corrected chi connectivity index (χ3v) is 9.09. The molecule has 0 aliphatic carbocycles. The van der Waals surface area contributed by atoms with E-state index in [1.165, 1.54) is 17.0 Å². The Kier molecular flexibility index (Phi) is 14.5. The molecule has 0 amide bonds. The fourth-order valence-corrected chi connectivity index (χ4v) is 6.24. The molecule has 0 aliphatic rings. The van der Waals surface area contributed by atoms with E-state index in [4.69, 9.17) is 4.42 Å². The topological polar surface area (TPSA) is 76.2 Å². The molecule has 2 heterocycles. The van der Waals surface area contributed by atoms with Gasteiger partial charge in [0.2, 0.25) is 0 Å². The van der Waals surface area contributed by atoms with E-state index in [1.54, 1.807) is 6.33 Å². The molecule has 0 spiro atoms. The molecular weight excluding hydrogens is 785 g/mol. The summed E-state index contributed by atoms with van der Waals surface area (Å²) in [5.41, 5.74) is 5.87. The van der Waals surface area contributed by atoms with Crippen LogP contribution in [0.3, 0.4) is 0 Å². The minimum absolute atomic E-state index is 0. The Balaban J connectivity index is 0.000000347. The quantitative estimate of drug-likeness (QED) is 0.0815. The number of benzene rings is 3. The van der Waals surface area contributed by atoms with Crippen molar-refractivity contribution in [1.82, 2.24) is 9.97 Å². The number of aliphatic hydroxyl groups is 1. The number of hydrogen-bond acceptors (Lipinski definition) is 5. The number of carbonyl (C=O) groups excluding carboxylic acids is 1. The smallest absolute Gasteiger partial charge is 0.162 e. The van der Waals surface area contributed by atoms with E-state index >= 15 is 0 Å². The molecule has 5 nitrogen and oxygen atoms in total. The first-order valence-corrected chi connectivity index (χ1v) is 17.6. The fourth-order valence-electron chi connectivity index (χ4n) is 6.24. The summed E-state index contributed by atoms with van der Waals surface area (Å²) in [5.74, 6) is 2.10. The van der Waals surface area contributed by atoms with Gasteiger partial charge in [0.25, 0.3) is 0 Å². The van der Waals surface area contributed by atoms with Crippen molar-refractivity contribution >= 4 is 27.5 Å². The van der Waals surface area contributed by atoms with Gasteiger partial charge < -0.3 is 9.52 Å². The normalized spacial score (nSPS) is 12.0. The summed E-state index contributed by atoms with van der Waals surface area (Å²) in [7, 11) is 0. The first kappa shape index (κ1) is 39.8. The second kappa shape index (κ2) is 17.9. The van der Waals surface area contributed by atoms with Crippen LogP contribution in [0, 0.1) is 23.8 Å². The maximum absolute atomic E-state index is 11.7. The van der Waals surface area contributed by atoms with Crippen LogP contribution in [0.1, 0.15) is 99.3 Å². The van der Waals surface area contributed by atoms with Gasteiger partial charge in [-0.15, -0.1) is 29.1 Å². The molecule has 0 aliphatic heterocycles. The van der Waals surface area contributed by atoms with Gasteiger partial charge in [-0.25, -0.2) is 4.98 Å². The van der Waals surface area contributed by atoms with E-state index < -0.39 is 0 Å². The number of nitrogens with zero attached hydrogens (tertiary/aromatic N) is 2. The Bertz CT molecular complexity index is 1860. The van der Waals surface area contributed by atoms with Crippen molar-refractivity contribution in [1.29, 1.82) is 0 Å². The molecule has 2 aromatic heterocycles. The standard InChI is InChI=1S/C30H29N2O.C13H24O2.Ir/c1-19(2)13-23-15-21-10-8-12-25(29(21)33-23)28-17-27(31-18-32-28)22-14-20-9-6-7-11-24(20)26(16-22)30(3,4)5;1-5-10(6-2)12(14)9-13(15)11(7-3)8-4;/h6-12,15-19H,13H2,1-5H3;9-11,14H,5-8H2,1-4H3;/q-1;;/b;12-9-;. The van der Waals surface area contributed by atoms with Crippen LogP contribution in [0.5, 0.6) is 0 Å². The number of para-hydroxylation sites is 1. The minimum Gasteiger partial charge on any atom is -0.512 e. The van der Waals surface area contributed by atoms with E-state index in [2.05, 4.69) is 105 Å². The van der Waals surface area contributed by atoms with Crippen molar-refractivity contribution in [3.63, 3.8) is 0 Å². The van der Waals surface area contributed by atoms with Gasteiger partial charge in [-0.1, -0.05) is 104 Å². The van der Waals surface area contributed by atoms with Crippen molar-refractivity contribution in [3.8, 4) is 22.5 Å². The molecule has 5 rings (SSSR count). The SMILES string of the molecule is CC(C)Cc1cc2cccc(-c3cc(-c4[c-]c5ccccc5c(C(C)(C)C)c4)ncn3)c2o1.CCC(CC)C(=O)/C=C(\O)C(CC)CC.[Ir]. The number of furan rings is 1. The van der Waals surface area contributed by atoms with Crippen LogP contribution in [0.2, 0.25) is 0 Å². The molecular formula is C43H53IrN2O3-. The predicted molar refractivity (Wildman–Crippen MR) is 200 cm³/mol. The van der Waals surface area contributed by atoms with Gasteiger partial charge in [0, 0.05) is 61.1 Å². The molecule has 0 bridgehead atoms. The van der Waals surface area contributed by atoms with Gasteiger partial charge in [-0.2, -0.15) is 0 Å². The Morgan fingerprint density at radius 2 is 1.53 bits per heavy atom. The molecule has 0 saturated heterocycles. The number of aromatic nitrogens is 2. The van der Waals surface area contributed by atoms with E-state index in [9.17, 15) is 9.90 Å². The Hall–Kier alpha value is -3.60. The molecule has 0 atom stereocenters. The maximum Gasteiger partial charge on any atom is 0.162 e. The van der Waals surface area contributed by atoms with E-state index in [0.717, 1.165) is 76.7 Å². The Morgan fingerprint density at radius 3 is 2.16 bits per heavy atom. The molecule has 263 valence electrons. The van der Waals surface area contributed by atoms with Crippen molar-refractivity contribution in [2.45, 2.75) is 99.8 Å². The fraction of sp³-hybridized carbons (Fsp3) is 0.419. The molecule has 1 N–H and O–H groups in total. The summed E-state index contributed by atoms with van der Waals surface area (Å²) in [4.78, 5) is 20.9. The Morgan fingerprint density at radius 1 is 0.878 bits per heavy atom. The zero-order valence-corrected chi connectivity index (χ0v) is 33.1. The monoisotopic (exact) mass is 838 g/mol. The zero-order chi connectivity index (χ0) is 35.0. The number of aliphatic hydroxyl groups excluding tert-OH is 1. The molecule has 6 heteroatoms. The van der Waals surface area contributed by atoms with Crippen molar-refractivity contribution < 1.29 is 34.4 Å². The van der Waals surface area contributed by atoms with Gasteiger partial charge >= 0.3 is 0 Å². The van der Waals surface area contributed by atoms with Gasteiger partial charge in [0.05, 0.1) is 11.5 Å². The summed E-state index contributed by atoms with van der Waals surface area (Å²) in [6, 6.07) is 24.7. The predicted octanol–water partition coefficient (Wildman–Crippen LogP) is 11.9. The summed E-state index contributed by atoms with van der Waals surface area (Å²) in [6.07, 6.45) is 7.47. The second-order valence-corrected chi connectivity index (χ2v) is 14.2. The Labute approximate surface area is 307 Å². The maximum atomic E-state index is 11.7. The first-order chi connectivity index (χ1) is 22.9. The van der Waals surface area contributed by atoms with Crippen LogP contribution in [-0.4, -0.2) is 20.9 Å². The number of allylic oxidation sites excluding steroid dienone is 2. The molecule has 0 fully saturated rings. The summed E-state index contributed by atoms with van der Waals surface area (Å²) in [6.45, 7) is 19.2. The van der Waals surface area contributed by atoms with Crippen LogP contribution in [0.4, 0.5) is 0 Å². The van der Waals surface area contributed by atoms with Gasteiger partial charge in [0.15, 0.2) is 5.78 Å². The number of ketones is 1. The average molecular weight is 838 g/mol. The molecule has 0 saturated carbocycles. The van der Waals surface area contributed by atoms with Gasteiger partial charge in [-0.05, 0) is 55.2 Å². The zero-order valence-electron chi connectivity index (χ0n) is 30.7. The minimum atomic E-state index is 0. The first-order valence-electron chi connectivity index (χ1n) is 17.6. The van der Waals surface area contributed by atoms with Crippen LogP contribution in [0.15, 0.2) is 83.2 Å². The number of rotatable bonds is 11. The molecule has 1 radical (unpaired) electrons. The van der Waals surface area contributed by atoms with E-state index in [-0.39, 0.29) is 48.9 Å². The van der Waals surface area contributed by atoms with Crippen molar-refractivity contribution in [2.24, 2.45) is 17.8 Å².